The molecule has 0 radical (unpaired) electrons. The van der Waals surface area contributed by atoms with Crippen molar-refractivity contribution < 1.29 is 18.7 Å². The van der Waals surface area contributed by atoms with Crippen LogP contribution in [0.5, 0.6) is 5.75 Å². The number of rotatable bonds is 4. The molecule has 122 valence electrons. The van der Waals surface area contributed by atoms with E-state index < -0.39 is 11.6 Å². The first kappa shape index (κ1) is 15.8. The maximum atomic E-state index is 12.4. The Bertz CT molecular complexity index is 955. The average Bonchev–Trinajstić information content (AvgIpc) is 2.60. The summed E-state index contributed by atoms with van der Waals surface area (Å²) in [4.78, 5) is 24.3. The Kier molecular flexibility index (Phi) is 4.33. The summed E-state index contributed by atoms with van der Waals surface area (Å²) >= 11 is 0. The van der Waals surface area contributed by atoms with Crippen molar-refractivity contribution in [2.24, 2.45) is 0 Å². The quantitative estimate of drug-likeness (QED) is 0.541. The number of carbonyl (C=O) groups is 1. The molecule has 0 bridgehead atoms. The summed E-state index contributed by atoms with van der Waals surface area (Å²) in [7, 11) is 1.51. The minimum Gasteiger partial charge on any atom is -0.496 e. The summed E-state index contributed by atoms with van der Waals surface area (Å²) in [5.74, 6) is 0.0252. The number of hydrogen-bond acceptors (Lipinski definition) is 5. The van der Waals surface area contributed by atoms with Gasteiger partial charge in [-0.25, -0.2) is 9.59 Å². The summed E-state index contributed by atoms with van der Waals surface area (Å²) in [6.07, 6.45) is 0. The van der Waals surface area contributed by atoms with Crippen LogP contribution in [0.4, 0.5) is 0 Å². The number of hydrogen-bond donors (Lipinski definition) is 0. The average molecular weight is 324 g/mol. The van der Waals surface area contributed by atoms with E-state index >= 15 is 0 Å². The van der Waals surface area contributed by atoms with E-state index in [1.807, 2.05) is 12.1 Å². The van der Waals surface area contributed by atoms with Crippen LogP contribution in [0.3, 0.4) is 0 Å². The van der Waals surface area contributed by atoms with Crippen molar-refractivity contribution in [1.29, 1.82) is 0 Å². The number of para-hydroxylation sites is 1. The molecule has 1 heterocycles. The summed E-state index contributed by atoms with van der Waals surface area (Å²) in [6.45, 7) is 2.01. The van der Waals surface area contributed by atoms with Gasteiger partial charge in [0.2, 0.25) is 0 Å². The third-order valence-electron chi connectivity index (χ3n) is 3.64. The highest BCUT2D eigenvalue weighted by atomic mass is 16.5. The molecule has 1 aromatic heterocycles. The Balaban J connectivity index is 2.20. The summed E-state index contributed by atoms with van der Waals surface area (Å²) in [5, 5.41) is 0.788. The van der Waals surface area contributed by atoms with Gasteiger partial charge in [-0.1, -0.05) is 18.2 Å². The van der Waals surface area contributed by atoms with Crippen LogP contribution in [-0.4, -0.2) is 19.7 Å². The fourth-order valence-corrected chi connectivity index (χ4v) is 2.51. The predicted molar refractivity (Wildman–Crippen MR) is 90.4 cm³/mol. The lowest BCUT2D eigenvalue weighted by Gasteiger charge is -2.10. The molecule has 3 rings (SSSR count). The molecule has 0 N–H and O–H groups in total. The second-order valence-corrected chi connectivity index (χ2v) is 5.12. The first-order chi connectivity index (χ1) is 11.6. The first-order valence-electron chi connectivity index (χ1n) is 7.52. The third kappa shape index (κ3) is 2.88. The van der Waals surface area contributed by atoms with Gasteiger partial charge in [0.25, 0.3) is 0 Å². The maximum Gasteiger partial charge on any atom is 0.344 e. The van der Waals surface area contributed by atoms with Crippen LogP contribution in [0, 0.1) is 0 Å². The summed E-state index contributed by atoms with van der Waals surface area (Å²) in [6, 6.07) is 13.8. The Morgan fingerprint density at radius 2 is 1.88 bits per heavy atom. The lowest BCUT2D eigenvalue weighted by atomic mass is 10.0. The van der Waals surface area contributed by atoms with Gasteiger partial charge in [-0.3, -0.25) is 0 Å². The first-order valence-corrected chi connectivity index (χ1v) is 7.52. The zero-order valence-corrected chi connectivity index (χ0v) is 13.4. The van der Waals surface area contributed by atoms with Crippen molar-refractivity contribution in [2.75, 3.05) is 13.7 Å². The van der Waals surface area contributed by atoms with E-state index in [4.69, 9.17) is 13.9 Å². The van der Waals surface area contributed by atoms with Gasteiger partial charge in [-0.05, 0) is 37.3 Å². The van der Waals surface area contributed by atoms with Crippen molar-refractivity contribution in [2.45, 2.75) is 6.92 Å². The smallest absolute Gasteiger partial charge is 0.344 e. The van der Waals surface area contributed by atoms with E-state index in [2.05, 4.69) is 0 Å². The predicted octanol–water partition coefficient (Wildman–Crippen LogP) is 3.65. The number of carbonyl (C=O) groups excluding carboxylic acids is 1. The highest BCUT2D eigenvalue weighted by Crippen LogP contribution is 2.30. The Morgan fingerprint density at radius 1 is 1.08 bits per heavy atom. The fraction of sp³-hybridized carbons (Fsp3) is 0.158. The minimum absolute atomic E-state index is 0.276. The molecule has 2 aromatic carbocycles. The molecule has 3 aromatic rings. The number of esters is 1. The maximum absolute atomic E-state index is 12.4. The van der Waals surface area contributed by atoms with Gasteiger partial charge in [0.05, 0.1) is 24.8 Å². The van der Waals surface area contributed by atoms with Gasteiger partial charge < -0.3 is 13.9 Å². The highest BCUT2D eigenvalue weighted by Gasteiger charge is 2.16. The summed E-state index contributed by atoms with van der Waals surface area (Å²) < 4.78 is 15.7. The van der Waals surface area contributed by atoms with E-state index in [-0.39, 0.29) is 6.61 Å². The highest BCUT2D eigenvalue weighted by molar-refractivity contribution is 5.92. The fourth-order valence-electron chi connectivity index (χ4n) is 2.51. The third-order valence-corrected chi connectivity index (χ3v) is 3.64. The monoisotopic (exact) mass is 324 g/mol. The van der Waals surface area contributed by atoms with Crippen LogP contribution in [0.2, 0.25) is 0 Å². The van der Waals surface area contributed by atoms with Crippen molar-refractivity contribution in [3.8, 4) is 16.9 Å². The van der Waals surface area contributed by atoms with Gasteiger partial charge in [0.1, 0.15) is 11.3 Å². The minimum atomic E-state index is -0.493. The van der Waals surface area contributed by atoms with E-state index in [0.29, 0.717) is 28.0 Å². The van der Waals surface area contributed by atoms with Crippen LogP contribution < -0.4 is 10.4 Å². The normalized spacial score (nSPS) is 10.6. The standard InChI is InChI=1S/C19H16O5/c1-3-23-18(20)13-8-9-17(22-2)14(11-13)15-10-12-6-4-5-7-16(12)24-19(15)21/h4-11H,3H2,1-2H3. The zero-order valence-electron chi connectivity index (χ0n) is 13.4. The van der Waals surface area contributed by atoms with Gasteiger partial charge in [-0.15, -0.1) is 0 Å². The molecular formula is C19H16O5. The second-order valence-electron chi connectivity index (χ2n) is 5.12. The Labute approximate surface area is 138 Å². The number of methoxy groups -OCH3 is 1. The molecule has 0 saturated carbocycles. The Hall–Kier alpha value is -3.08. The molecular weight excluding hydrogens is 308 g/mol. The van der Waals surface area contributed by atoms with E-state index in [1.54, 1.807) is 43.3 Å². The summed E-state index contributed by atoms with van der Waals surface area (Å²) in [5.41, 5.74) is 1.18. The largest absolute Gasteiger partial charge is 0.496 e. The molecule has 0 saturated heterocycles. The molecule has 0 unspecified atom stereocenters. The molecule has 0 spiro atoms. The number of benzene rings is 2. The lowest BCUT2D eigenvalue weighted by Crippen LogP contribution is -2.07. The SMILES string of the molecule is CCOC(=O)c1ccc(OC)c(-c2cc3ccccc3oc2=O)c1. The molecule has 0 atom stereocenters. The molecule has 24 heavy (non-hydrogen) atoms. The zero-order chi connectivity index (χ0) is 17.1. The molecule has 0 amide bonds. The second kappa shape index (κ2) is 6.58. The lowest BCUT2D eigenvalue weighted by molar-refractivity contribution is 0.0526. The van der Waals surface area contributed by atoms with Crippen molar-refractivity contribution in [3.05, 3.63) is 64.5 Å². The molecule has 5 heteroatoms. The van der Waals surface area contributed by atoms with Crippen molar-refractivity contribution in [1.82, 2.24) is 0 Å². The Morgan fingerprint density at radius 3 is 2.62 bits per heavy atom. The van der Waals surface area contributed by atoms with Crippen LogP contribution in [-0.2, 0) is 4.74 Å². The van der Waals surface area contributed by atoms with Crippen molar-refractivity contribution in [3.63, 3.8) is 0 Å². The van der Waals surface area contributed by atoms with Gasteiger partial charge in [0.15, 0.2) is 0 Å². The van der Waals surface area contributed by atoms with Gasteiger partial charge in [0, 0.05) is 10.9 Å². The molecule has 0 fully saturated rings. The van der Waals surface area contributed by atoms with Crippen LogP contribution in [0.25, 0.3) is 22.1 Å². The van der Waals surface area contributed by atoms with E-state index in [1.165, 1.54) is 7.11 Å². The van der Waals surface area contributed by atoms with E-state index in [0.717, 1.165) is 5.39 Å². The van der Waals surface area contributed by atoms with Gasteiger partial charge in [-0.2, -0.15) is 0 Å². The van der Waals surface area contributed by atoms with Gasteiger partial charge >= 0.3 is 11.6 Å². The van der Waals surface area contributed by atoms with Crippen molar-refractivity contribution >= 4 is 16.9 Å². The van der Waals surface area contributed by atoms with Crippen LogP contribution in [0.15, 0.2) is 57.7 Å². The molecule has 0 aliphatic rings. The molecule has 0 aliphatic carbocycles. The molecule has 0 aliphatic heterocycles. The number of fused-ring (bicyclic) bond motifs is 1. The topological polar surface area (TPSA) is 65.7 Å². The van der Waals surface area contributed by atoms with Crippen LogP contribution >= 0.6 is 0 Å². The number of ether oxygens (including phenoxy) is 2. The van der Waals surface area contributed by atoms with Crippen LogP contribution in [0.1, 0.15) is 17.3 Å². The van der Waals surface area contributed by atoms with E-state index in [9.17, 15) is 9.59 Å². The molecule has 5 nitrogen and oxygen atoms in total.